The molecule has 1 N–H and O–H groups in total. The maximum Gasteiger partial charge on any atom is 0.296 e. The van der Waals surface area contributed by atoms with Crippen LogP contribution in [-0.4, -0.2) is 33.8 Å². The van der Waals surface area contributed by atoms with E-state index in [0.717, 1.165) is 0 Å². The molecule has 3 aromatic rings. The molecule has 3 heterocycles. The van der Waals surface area contributed by atoms with Crippen molar-refractivity contribution >= 4 is 29.1 Å². The number of hydrogen-bond donors (Lipinski definition) is 1. The average molecular weight is 439 g/mol. The lowest BCUT2D eigenvalue weighted by molar-refractivity contribution is -0.140. The zero-order valence-corrected chi connectivity index (χ0v) is 17.6. The molecule has 1 saturated heterocycles. The first-order chi connectivity index (χ1) is 14.9. The first kappa shape index (κ1) is 20.7. The molecule has 1 atom stereocenters. The van der Waals surface area contributed by atoms with Crippen molar-refractivity contribution in [2.45, 2.75) is 19.5 Å². The zero-order valence-electron chi connectivity index (χ0n) is 16.8. The summed E-state index contributed by atoms with van der Waals surface area (Å²) in [5, 5.41) is 11.3. The highest BCUT2D eigenvalue weighted by Gasteiger charge is 2.47. The van der Waals surface area contributed by atoms with Crippen molar-refractivity contribution in [1.82, 2.24) is 9.88 Å². The van der Waals surface area contributed by atoms with Crippen LogP contribution in [0, 0.1) is 6.92 Å². The largest absolute Gasteiger partial charge is 0.507 e. The smallest absolute Gasteiger partial charge is 0.296 e. The molecule has 0 aliphatic carbocycles. The number of pyridine rings is 1. The SMILES string of the molecule is COc1ccc(/C(O)=C2/C(=O)C(=O)N(Cc3ccccn3)C2c2ccc(C)o2)cc1Cl. The lowest BCUT2D eigenvalue weighted by atomic mass is 9.99. The van der Waals surface area contributed by atoms with Crippen LogP contribution in [0.1, 0.15) is 28.8 Å². The number of halogens is 1. The number of carbonyl (C=O) groups excluding carboxylic acids is 2. The molecule has 0 radical (unpaired) electrons. The van der Waals surface area contributed by atoms with E-state index in [-0.39, 0.29) is 28.5 Å². The second-order valence-corrected chi connectivity index (χ2v) is 7.45. The molecule has 7 nitrogen and oxygen atoms in total. The Morgan fingerprint density at radius 1 is 1.23 bits per heavy atom. The van der Waals surface area contributed by atoms with Gasteiger partial charge in [-0.1, -0.05) is 17.7 Å². The van der Waals surface area contributed by atoms with Gasteiger partial charge in [0.1, 0.15) is 29.1 Å². The van der Waals surface area contributed by atoms with Crippen LogP contribution in [0.3, 0.4) is 0 Å². The number of amides is 1. The third-order valence-corrected chi connectivity index (χ3v) is 5.35. The minimum Gasteiger partial charge on any atom is -0.507 e. The lowest BCUT2D eigenvalue weighted by Crippen LogP contribution is -2.29. The number of Topliss-reactive ketones (excluding diaryl/α,β-unsaturated/α-hetero) is 1. The third-order valence-electron chi connectivity index (χ3n) is 5.05. The summed E-state index contributed by atoms with van der Waals surface area (Å²) in [5.41, 5.74) is 0.816. The number of methoxy groups -OCH3 is 1. The van der Waals surface area contributed by atoms with Gasteiger partial charge in [-0.15, -0.1) is 0 Å². The van der Waals surface area contributed by atoms with Crippen LogP contribution in [0.2, 0.25) is 5.02 Å². The van der Waals surface area contributed by atoms with Crippen LogP contribution in [0.5, 0.6) is 5.75 Å². The minimum atomic E-state index is -0.906. The summed E-state index contributed by atoms with van der Waals surface area (Å²) in [6, 6.07) is 12.5. The fraction of sp³-hybridized carbons (Fsp3) is 0.174. The Labute approximate surface area is 183 Å². The molecule has 1 unspecified atom stereocenters. The maximum atomic E-state index is 13.0. The standard InChI is InChI=1S/C23H19ClN2O5/c1-13-6-8-18(31-13)20-19(21(27)14-7-9-17(30-2)16(24)11-14)22(28)23(29)26(20)12-15-5-3-4-10-25-15/h3-11,20,27H,12H2,1-2H3/b21-19-. The van der Waals surface area contributed by atoms with Crippen LogP contribution < -0.4 is 4.74 Å². The van der Waals surface area contributed by atoms with E-state index in [9.17, 15) is 14.7 Å². The van der Waals surface area contributed by atoms with Crippen LogP contribution in [0.15, 0.2) is 64.7 Å². The molecule has 1 fully saturated rings. The highest BCUT2D eigenvalue weighted by molar-refractivity contribution is 6.46. The molecule has 0 spiro atoms. The summed E-state index contributed by atoms with van der Waals surface area (Å²) in [4.78, 5) is 31.5. The molecule has 8 heteroatoms. The summed E-state index contributed by atoms with van der Waals surface area (Å²) in [7, 11) is 1.48. The van der Waals surface area contributed by atoms with E-state index < -0.39 is 17.7 Å². The van der Waals surface area contributed by atoms with Crippen molar-refractivity contribution in [3.05, 3.63) is 88.1 Å². The zero-order chi connectivity index (χ0) is 22.1. The van der Waals surface area contributed by atoms with Gasteiger partial charge in [0.25, 0.3) is 11.7 Å². The fourth-order valence-corrected chi connectivity index (χ4v) is 3.83. The monoisotopic (exact) mass is 438 g/mol. The third kappa shape index (κ3) is 3.80. The van der Waals surface area contributed by atoms with Gasteiger partial charge >= 0.3 is 0 Å². The van der Waals surface area contributed by atoms with Crippen molar-refractivity contribution in [2.24, 2.45) is 0 Å². The molecule has 1 amide bonds. The second-order valence-electron chi connectivity index (χ2n) is 7.05. The van der Waals surface area contributed by atoms with Gasteiger partial charge in [0.05, 0.1) is 29.9 Å². The predicted molar refractivity (Wildman–Crippen MR) is 114 cm³/mol. The molecule has 0 bridgehead atoms. The Morgan fingerprint density at radius 3 is 2.65 bits per heavy atom. The normalized spacial score (nSPS) is 17.9. The molecule has 0 saturated carbocycles. The first-order valence-corrected chi connectivity index (χ1v) is 9.87. The maximum absolute atomic E-state index is 13.0. The number of carbonyl (C=O) groups is 2. The molecule has 2 aromatic heterocycles. The number of nitrogens with zero attached hydrogens (tertiary/aromatic N) is 2. The Balaban J connectivity index is 1.85. The van der Waals surface area contributed by atoms with E-state index in [4.69, 9.17) is 20.8 Å². The van der Waals surface area contributed by atoms with Crippen LogP contribution >= 0.6 is 11.6 Å². The number of ketones is 1. The summed E-state index contributed by atoms with van der Waals surface area (Å²) in [6.07, 6.45) is 1.61. The van der Waals surface area contributed by atoms with Crippen LogP contribution in [-0.2, 0) is 16.1 Å². The number of aryl methyl sites for hydroxylation is 1. The van der Waals surface area contributed by atoms with Gasteiger partial charge in [0.2, 0.25) is 0 Å². The van der Waals surface area contributed by atoms with Gasteiger partial charge in [-0.05, 0) is 49.4 Å². The van der Waals surface area contributed by atoms with E-state index in [0.29, 0.717) is 23.0 Å². The number of benzene rings is 1. The highest BCUT2D eigenvalue weighted by atomic mass is 35.5. The van der Waals surface area contributed by atoms with E-state index in [1.807, 2.05) is 0 Å². The molecule has 1 aliphatic heterocycles. The topological polar surface area (TPSA) is 92.9 Å². The van der Waals surface area contributed by atoms with Crippen LogP contribution in [0.25, 0.3) is 5.76 Å². The summed E-state index contributed by atoms with van der Waals surface area (Å²) in [5.74, 6) is -0.484. The number of rotatable bonds is 5. The summed E-state index contributed by atoms with van der Waals surface area (Å²) in [6.45, 7) is 1.84. The van der Waals surface area contributed by atoms with Gasteiger partial charge in [0, 0.05) is 11.8 Å². The van der Waals surface area contributed by atoms with E-state index in [1.54, 1.807) is 55.6 Å². The summed E-state index contributed by atoms with van der Waals surface area (Å²) >= 11 is 6.19. The number of hydrogen-bond acceptors (Lipinski definition) is 6. The Hall–Kier alpha value is -3.58. The fourth-order valence-electron chi connectivity index (χ4n) is 3.57. The van der Waals surface area contributed by atoms with Crippen molar-refractivity contribution in [2.75, 3.05) is 7.11 Å². The number of aliphatic hydroxyl groups is 1. The lowest BCUT2D eigenvalue weighted by Gasteiger charge is -2.23. The van der Waals surface area contributed by atoms with Crippen molar-refractivity contribution < 1.29 is 23.8 Å². The minimum absolute atomic E-state index is 0.0727. The Kier molecular flexibility index (Phi) is 5.52. The van der Waals surface area contributed by atoms with Gasteiger partial charge in [-0.2, -0.15) is 0 Å². The molecular formula is C23H19ClN2O5. The second kappa shape index (κ2) is 8.28. The van der Waals surface area contributed by atoms with Crippen molar-refractivity contribution in [3.63, 3.8) is 0 Å². The van der Waals surface area contributed by atoms with Gasteiger partial charge in [-0.25, -0.2) is 0 Å². The number of furan rings is 1. The molecular weight excluding hydrogens is 420 g/mol. The van der Waals surface area contributed by atoms with E-state index in [2.05, 4.69) is 4.98 Å². The van der Waals surface area contributed by atoms with E-state index >= 15 is 0 Å². The van der Waals surface area contributed by atoms with E-state index in [1.165, 1.54) is 18.1 Å². The molecule has 1 aromatic carbocycles. The average Bonchev–Trinajstić information content (AvgIpc) is 3.30. The molecule has 4 rings (SSSR count). The highest BCUT2D eigenvalue weighted by Crippen LogP contribution is 2.41. The van der Waals surface area contributed by atoms with Gasteiger partial charge < -0.3 is 19.2 Å². The molecule has 158 valence electrons. The molecule has 1 aliphatic rings. The quantitative estimate of drug-likeness (QED) is 0.363. The number of aromatic nitrogens is 1. The number of ether oxygens (including phenoxy) is 1. The van der Waals surface area contributed by atoms with Crippen molar-refractivity contribution in [1.29, 1.82) is 0 Å². The Morgan fingerprint density at radius 2 is 2.03 bits per heavy atom. The predicted octanol–water partition coefficient (Wildman–Crippen LogP) is 4.27. The first-order valence-electron chi connectivity index (χ1n) is 9.49. The molecule has 31 heavy (non-hydrogen) atoms. The summed E-state index contributed by atoms with van der Waals surface area (Å²) < 4.78 is 10.9. The van der Waals surface area contributed by atoms with Crippen LogP contribution in [0.4, 0.5) is 0 Å². The van der Waals surface area contributed by atoms with Gasteiger partial charge in [-0.3, -0.25) is 14.6 Å². The van der Waals surface area contributed by atoms with Gasteiger partial charge in [0.15, 0.2) is 0 Å². The van der Waals surface area contributed by atoms with Crippen molar-refractivity contribution in [3.8, 4) is 5.75 Å². The number of likely N-dealkylation sites (tertiary alicyclic amines) is 1. The Bertz CT molecular complexity index is 1190. The number of aliphatic hydroxyl groups excluding tert-OH is 1.